The number of hydrogen-bond donors (Lipinski definition) is 2. The van der Waals surface area contributed by atoms with E-state index in [1.54, 1.807) is 78.9 Å². The van der Waals surface area contributed by atoms with Crippen molar-refractivity contribution in [3.05, 3.63) is 137 Å². The molecule has 0 saturated carbocycles. The van der Waals surface area contributed by atoms with Gasteiger partial charge in [0, 0.05) is 6.42 Å². The molecule has 6 rings (SSSR count). The zero-order chi connectivity index (χ0) is 55.0. The van der Waals surface area contributed by atoms with Crippen LogP contribution in [0.3, 0.4) is 0 Å². The van der Waals surface area contributed by atoms with Crippen LogP contribution in [0.25, 0.3) is 10.8 Å². The Morgan fingerprint density at radius 3 is 2.11 bits per heavy atom. The third kappa shape index (κ3) is 14.0. The van der Waals surface area contributed by atoms with Crippen LogP contribution in [0.1, 0.15) is 68.1 Å². The largest absolute Gasteiger partial charge is 0.497 e. The van der Waals surface area contributed by atoms with Gasteiger partial charge in [0.1, 0.15) is 35.3 Å². The molecule has 400 valence electrons. The van der Waals surface area contributed by atoms with E-state index in [0.717, 1.165) is 23.6 Å². The standard InChI is InChI=1S/C55H66N4O14SSi/c1-12-20-44(61)59-42(32-71-74(9,65)66)48(68-30-36-22-15-13-16-23-36)49(69-31-37-24-17-14-18-25-37)47(59)46(51(62)57-45(35(3)60)43(29-56)73-75(10,11)54(4,5)6)58-52(63)50(55(7)33-70-55)72-53(64)41-28-38(67-8)27-40-34(2)21-19-26-39(40)41/h12-19,21-28,42-43,45,48-50H,1,20,30-33H2,2-11H3,(H,57,62)(H,58,63)/b47-46-/t42-,43?,45-,48+,49+,50+,55-/m0/s1. The lowest BCUT2D eigenvalue weighted by atomic mass is 9.99. The second kappa shape index (κ2) is 24.0. The minimum atomic E-state index is -4.22. The van der Waals surface area contributed by atoms with Gasteiger partial charge in [-0.2, -0.15) is 13.7 Å². The van der Waals surface area contributed by atoms with Gasteiger partial charge in [-0.1, -0.05) is 106 Å². The molecule has 2 heterocycles. The number of ether oxygens (including phenoxy) is 5. The minimum absolute atomic E-state index is 0.0542. The van der Waals surface area contributed by atoms with E-state index < -0.39 is 114 Å². The first-order valence-corrected chi connectivity index (χ1v) is 29.0. The van der Waals surface area contributed by atoms with Gasteiger partial charge >= 0.3 is 5.97 Å². The van der Waals surface area contributed by atoms with Gasteiger partial charge in [-0.15, -0.1) is 6.58 Å². The van der Waals surface area contributed by atoms with Gasteiger partial charge in [-0.05, 0) is 78.5 Å². The van der Waals surface area contributed by atoms with E-state index >= 15 is 9.59 Å². The Morgan fingerprint density at radius 1 is 0.960 bits per heavy atom. The highest BCUT2D eigenvalue weighted by atomic mass is 32.2. The van der Waals surface area contributed by atoms with Crippen LogP contribution in [0.15, 0.2) is 115 Å². The Morgan fingerprint density at radius 2 is 1.57 bits per heavy atom. The average molecular weight is 1070 g/mol. The van der Waals surface area contributed by atoms with Crippen molar-refractivity contribution in [1.29, 1.82) is 5.26 Å². The molecule has 7 atom stereocenters. The molecule has 3 amide bonds. The molecule has 18 nitrogen and oxygen atoms in total. The number of benzene rings is 4. The second-order valence-corrected chi connectivity index (χ2v) is 26.7. The molecule has 0 aromatic heterocycles. The number of ketones is 1. The van der Waals surface area contributed by atoms with Gasteiger partial charge in [0.05, 0.1) is 63.2 Å². The molecular formula is C55H66N4O14SSi. The Hall–Kier alpha value is -6.57. The van der Waals surface area contributed by atoms with E-state index in [1.807, 2.05) is 52.9 Å². The number of nitriles is 1. The van der Waals surface area contributed by atoms with Gasteiger partial charge < -0.3 is 43.6 Å². The third-order valence-corrected chi connectivity index (χ3v) is 18.5. The van der Waals surface area contributed by atoms with Crippen molar-refractivity contribution < 1.29 is 64.7 Å². The number of nitrogens with one attached hydrogen (secondary N) is 2. The number of epoxide rings is 1. The lowest BCUT2D eigenvalue weighted by Crippen LogP contribution is -2.56. The van der Waals surface area contributed by atoms with Crippen LogP contribution < -0.4 is 15.4 Å². The van der Waals surface area contributed by atoms with Crippen LogP contribution in [-0.4, -0.2) is 120 Å². The van der Waals surface area contributed by atoms with Crippen molar-refractivity contribution >= 4 is 58.7 Å². The van der Waals surface area contributed by atoms with Crippen molar-refractivity contribution in [1.82, 2.24) is 15.5 Å². The summed E-state index contributed by atoms with van der Waals surface area (Å²) in [6.45, 7) is 16.7. The topological polar surface area (TPSA) is 238 Å². The molecule has 2 N–H and O–H groups in total. The number of carbonyl (C=O) groups is 5. The maximum absolute atomic E-state index is 15.6. The van der Waals surface area contributed by atoms with Gasteiger partial charge in [0.15, 0.2) is 20.2 Å². The highest BCUT2D eigenvalue weighted by molar-refractivity contribution is 7.86. The van der Waals surface area contributed by atoms with E-state index in [1.165, 1.54) is 26.2 Å². The van der Waals surface area contributed by atoms with E-state index in [-0.39, 0.29) is 31.1 Å². The van der Waals surface area contributed by atoms with Crippen molar-refractivity contribution in [2.24, 2.45) is 0 Å². The fourth-order valence-electron chi connectivity index (χ4n) is 8.27. The molecular weight excluding hydrogens is 1000 g/mol. The zero-order valence-electron chi connectivity index (χ0n) is 44.0. The summed E-state index contributed by atoms with van der Waals surface area (Å²) in [6.07, 6.45) is -4.50. The number of amides is 3. The smallest absolute Gasteiger partial charge is 0.339 e. The van der Waals surface area contributed by atoms with Gasteiger partial charge in [0.25, 0.3) is 21.9 Å². The number of carbonyl (C=O) groups excluding carboxylic acids is 5. The lowest BCUT2D eigenvalue weighted by molar-refractivity contribution is -0.135. The molecule has 4 aromatic carbocycles. The second-order valence-electron chi connectivity index (χ2n) is 20.3. The lowest BCUT2D eigenvalue weighted by Gasteiger charge is -2.39. The highest BCUT2D eigenvalue weighted by Gasteiger charge is 2.56. The Labute approximate surface area is 439 Å². The van der Waals surface area contributed by atoms with E-state index in [4.69, 9.17) is 32.3 Å². The van der Waals surface area contributed by atoms with E-state index in [0.29, 0.717) is 27.6 Å². The summed E-state index contributed by atoms with van der Waals surface area (Å²) in [4.78, 5) is 74.9. The van der Waals surface area contributed by atoms with Crippen LogP contribution in [0, 0.1) is 18.3 Å². The van der Waals surface area contributed by atoms with Crippen molar-refractivity contribution in [2.75, 3.05) is 26.6 Å². The molecule has 2 saturated heterocycles. The fraction of sp³-hybridized carbons (Fsp3) is 0.418. The first kappa shape index (κ1) is 57.7. The molecule has 2 aliphatic heterocycles. The van der Waals surface area contributed by atoms with Crippen LogP contribution in [0.4, 0.5) is 0 Å². The molecule has 2 fully saturated rings. The summed E-state index contributed by atoms with van der Waals surface area (Å²) in [6, 6.07) is 25.4. The van der Waals surface area contributed by atoms with E-state index in [9.17, 15) is 28.1 Å². The predicted octanol–water partition coefficient (Wildman–Crippen LogP) is 6.72. The molecule has 0 radical (unpaired) electrons. The first-order valence-electron chi connectivity index (χ1n) is 24.3. The maximum atomic E-state index is 15.6. The number of rotatable bonds is 23. The molecule has 2 aliphatic rings. The summed E-state index contributed by atoms with van der Waals surface area (Å²) < 4.78 is 68.1. The molecule has 75 heavy (non-hydrogen) atoms. The Kier molecular flexibility index (Phi) is 18.4. The quantitative estimate of drug-likeness (QED) is 0.0196. The zero-order valence-corrected chi connectivity index (χ0v) is 45.8. The van der Waals surface area contributed by atoms with E-state index in [2.05, 4.69) is 17.2 Å². The monoisotopic (exact) mass is 1070 g/mol. The third-order valence-electron chi connectivity index (χ3n) is 13.5. The van der Waals surface area contributed by atoms with Crippen LogP contribution >= 0.6 is 0 Å². The Balaban J connectivity index is 1.59. The minimum Gasteiger partial charge on any atom is -0.497 e. The van der Waals surface area contributed by atoms with Gasteiger partial charge in [-0.3, -0.25) is 23.4 Å². The number of fused-ring (bicyclic) bond motifs is 1. The van der Waals surface area contributed by atoms with Crippen molar-refractivity contribution in [3.8, 4) is 11.8 Å². The summed E-state index contributed by atoms with van der Waals surface area (Å²) in [5.74, 6) is -4.40. The SMILES string of the molecule is C=CCC(=O)N1/C(=C(\NC(=O)[C@@H](OC(=O)c2cc(OC)cc3c(C)cccc23)[C@]2(C)CO2)C(=O)N[C@@H](C(C)=O)C(C#N)O[Si](C)(C)C(C)(C)C)[C@@H](OCc2ccccc2)[C@H](OCc2ccccc2)[C@@H]1COS(C)(=O)=O. The number of nitrogens with zero attached hydrogens (tertiary/aromatic N) is 2. The van der Waals surface area contributed by atoms with Crippen molar-refractivity contribution in [2.45, 2.75) is 121 Å². The molecule has 4 aromatic rings. The van der Waals surface area contributed by atoms with Crippen LogP contribution in [0.5, 0.6) is 5.75 Å². The number of esters is 1. The summed E-state index contributed by atoms with van der Waals surface area (Å²) in [5, 5.41) is 16.6. The summed E-state index contributed by atoms with van der Waals surface area (Å²) in [7, 11) is -5.61. The number of likely N-dealkylation sites (tertiary alicyclic amines) is 1. The molecule has 0 bridgehead atoms. The normalized spacial score (nSPS) is 20.5. The van der Waals surface area contributed by atoms with Crippen LogP contribution in [0.2, 0.25) is 18.1 Å². The summed E-state index contributed by atoms with van der Waals surface area (Å²) in [5.41, 5.74) is -0.334. The first-order chi connectivity index (χ1) is 35.3. The fourth-order valence-corrected chi connectivity index (χ4v) is 9.83. The molecule has 0 spiro atoms. The average Bonchev–Trinajstić information content (AvgIpc) is 4.03. The Bertz CT molecular complexity index is 2970. The van der Waals surface area contributed by atoms with Gasteiger partial charge in [0.2, 0.25) is 12.0 Å². The number of aryl methyl sites for hydroxylation is 1. The number of methoxy groups -OCH3 is 1. The van der Waals surface area contributed by atoms with Crippen LogP contribution in [-0.2, 0) is 70.1 Å². The van der Waals surface area contributed by atoms with Gasteiger partial charge in [-0.25, -0.2) is 4.79 Å². The number of Topliss-reactive ketones (excluding diaryl/α,β-unsaturated/α-hetero) is 1. The summed E-state index contributed by atoms with van der Waals surface area (Å²) >= 11 is 0. The maximum Gasteiger partial charge on any atom is 0.339 e. The van der Waals surface area contributed by atoms with Crippen molar-refractivity contribution in [3.63, 3.8) is 0 Å². The molecule has 0 aliphatic carbocycles. The highest BCUT2D eigenvalue weighted by Crippen LogP contribution is 2.40. The molecule has 20 heteroatoms. The number of hydrogen-bond acceptors (Lipinski definition) is 15. The molecule has 1 unspecified atom stereocenters. The predicted molar refractivity (Wildman–Crippen MR) is 281 cm³/mol.